The summed E-state index contributed by atoms with van der Waals surface area (Å²) in [6.45, 7) is 6.02. The fourth-order valence-electron chi connectivity index (χ4n) is 1.08. The zero-order valence-corrected chi connectivity index (χ0v) is 8.42. The van der Waals surface area contributed by atoms with E-state index < -0.39 is 0 Å². The van der Waals surface area contributed by atoms with Gasteiger partial charge in [0.25, 0.3) is 0 Å². The van der Waals surface area contributed by atoms with Crippen molar-refractivity contribution >= 4 is 14.7 Å². The van der Waals surface area contributed by atoms with Crippen molar-refractivity contribution < 1.29 is 0 Å². The summed E-state index contributed by atoms with van der Waals surface area (Å²) in [5, 5.41) is 1.54. The summed E-state index contributed by atoms with van der Waals surface area (Å²) in [6.07, 6.45) is 2.93. The largest absolute Gasteiger partial charge is 0.103 e. The third-order valence-corrected chi connectivity index (χ3v) is 3.10. The highest BCUT2D eigenvalue weighted by molar-refractivity contribution is 6.51. The fourth-order valence-corrected chi connectivity index (χ4v) is 1.78. The molecule has 0 saturated heterocycles. The van der Waals surface area contributed by atoms with Crippen molar-refractivity contribution in [2.75, 3.05) is 0 Å². The van der Waals surface area contributed by atoms with E-state index in [-0.39, 0.29) is 9.52 Å². The van der Waals surface area contributed by atoms with Gasteiger partial charge in [-0.05, 0) is 12.0 Å². The molecule has 0 atom stereocenters. The quantitative estimate of drug-likeness (QED) is 0.463. The number of hydrogen-bond acceptors (Lipinski definition) is 0. The predicted molar refractivity (Wildman–Crippen MR) is 54.4 cm³/mol. The minimum atomic E-state index is 0.0355. The summed E-state index contributed by atoms with van der Waals surface area (Å²) in [6, 6.07) is 8.89. The van der Waals surface area contributed by atoms with Gasteiger partial charge in [0.15, 0.2) is 0 Å². The summed E-state index contributed by atoms with van der Waals surface area (Å²) < 4.78 is 0. The van der Waals surface area contributed by atoms with Crippen LogP contribution in [0.1, 0.15) is 5.56 Å². The number of benzene rings is 1. The lowest BCUT2D eigenvalue weighted by Gasteiger charge is -1.97. The Morgan fingerprint density at radius 1 is 1.36 bits per heavy atom. The second-order valence-corrected chi connectivity index (χ2v) is 4.19. The van der Waals surface area contributed by atoms with E-state index >= 15 is 0 Å². The summed E-state index contributed by atoms with van der Waals surface area (Å²) in [4.78, 5) is 0. The molecule has 0 bridgehead atoms. The summed E-state index contributed by atoms with van der Waals surface area (Å²) in [7, 11) is 0.0355. The van der Waals surface area contributed by atoms with Crippen LogP contribution in [0.15, 0.2) is 36.9 Å². The molecule has 0 unspecified atom stereocenters. The fraction of sp³-hybridized carbons (Fsp3) is 0.200. The van der Waals surface area contributed by atoms with Crippen molar-refractivity contribution in [1.82, 2.24) is 0 Å². The van der Waals surface area contributed by atoms with Gasteiger partial charge in [-0.3, -0.25) is 0 Å². The van der Waals surface area contributed by atoms with Gasteiger partial charge in [-0.25, -0.2) is 0 Å². The van der Waals surface area contributed by atoms with E-state index in [1.807, 2.05) is 6.08 Å². The van der Waals surface area contributed by atoms with E-state index in [9.17, 15) is 0 Å². The van der Waals surface area contributed by atoms with Crippen molar-refractivity contribution in [3.63, 3.8) is 0 Å². The van der Waals surface area contributed by atoms with Gasteiger partial charge in [-0.2, -0.15) is 0 Å². The third kappa shape index (κ3) is 2.35. The zero-order valence-electron chi connectivity index (χ0n) is 7.01. The van der Waals surface area contributed by atoms with E-state index in [1.165, 1.54) is 10.8 Å². The van der Waals surface area contributed by atoms with Gasteiger partial charge in [-0.15, -0.1) is 6.58 Å². The lowest BCUT2D eigenvalue weighted by Crippen LogP contribution is -2.09. The summed E-state index contributed by atoms with van der Waals surface area (Å²) in [5.74, 6) is 0. The van der Waals surface area contributed by atoms with Crippen LogP contribution in [0.2, 0.25) is 6.55 Å². The van der Waals surface area contributed by atoms with Crippen molar-refractivity contribution in [2.45, 2.75) is 13.0 Å². The second-order valence-electron chi connectivity index (χ2n) is 2.66. The molecule has 0 aliphatic rings. The van der Waals surface area contributed by atoms with Crippen LogP contribution in [-0.4, -0.2) is 9.52 Å². The molecule has 0 nitrogen and oxygen atoms in total. The standard InChI is InChI=1S/C10H14Si/c1-3-4-9-5-7-10(11-2)8-6-9/h3,5-8H,1,4,11H2,2H3. The molecule has 1 heteroatoms. The smallest absolute Gasteiger partial charge is 0.0517 e. The molecule has 11 heavy (non-hydrogen) atoms. The van der Waals surface area contributed by atoms with Gasteiger partial charge < -0.3 is 0 Å². The molecule has 1 rings (SSSR count). The molecule has 0 aromatic heterocycles. The highest BCUT2D eigenvalue weighted by Crippen LogP contribution is 1.97. The molecule has 0 radical (unpaired) electrons. The van der Waals surface area contributed by atoms with E-state index in [0.29, 0.717) is 0 Å². The maximum absolute atomic E-state index is 3.71. The number of allylic oxidation sites excluding steroid dienone is 1. The van der Waals surface area contributed by atoms with Crippen LogP contribution in [0.4, 0.5) is 0 Å². The monoisotopic (exact) mass is 162 g/mol. The van der Waals surface area contributed by atoms with Gasteiger partial charge in [-0.1, -0.05) is 42.1 Å². The van der Waals surface area contributed by atoms with Gasteiger partial charge >= 0.3 is 0 Å². The topological polar surface area (TPSA) is 0 Å². The average molecular weight is 162 g/mol. The molecule has 0 heterocycles. The van der Waals surface area contributed by atoms with E-state index in [0.717, 1.165) is 6.42 Å². The van der Waals surface area contributed by atoms with Crippen LogP contribution in [0.5, 0.6) is 0 Å². The van der Waals surface area contributed by atoms with Gasteiger partial charge in [0, 0.05) is 0 Å². The van der Waals surface area contributed by atoms with Crippen LogP contribution in [-0.2, 0) is 6.42 Å². The minimum Gasteiger partial charge on any atom is -0.103 e. The molecule has 0 aliphatic carbocycles. The lowest BCUT2D eigenvalue weighted by molar-refractivity contribution is 1.28. The van der Waals surface area contributed by atoms with Crippen molar-refractivity contribution in [3.8, 4) is 0 Å². The molecule has 0 saturated carbocycles. The van der Waals surface area contributed by atoms with Gasteiger partial charge in [0.2, 0.25) is 0 Å². The normalized spacial score (nSPS) is 10.6. The van der Waals surface area contributed by atoms with Crippen molar-refractivity contribution in [2.24, 2.45) is 0 Å². The SMILES string of the molecule is C=CCc1ccc([SiH2]C)cc1. The third-order valence-electron chi connectivity index (χ3n) is 1.81. The van der Waals surface area contributed by atoms with Crippen LogP contribution in [0.3, 0.4) is 0 Å². The molecule has 1 aromatic carbocycles. The summed E-state index contributed by atoms with van der Waals surface area (Å²) >= 11 is 0. The van der Waals surface area contributed by atoms with E-state index in [1.54, 1.807) is 0 Å². The van der Waals surface area contributed by atoms with Crippen molar-refractivity contribution in [1.29, 1.82) is 0 Å². The first-order valence-corrected chi connectivity index (χ1v) is 6.17. The zero-order chi connectivity index (χ0) is 8.10. The highest BCUT2D eigenvalue weighted by Gasteiger charge is 1.89. The second kappa shape index (κ2) is 4.14. The number of rotatable bonds is 3. The Labute approximate surface area is 70.8 Å². The molecule has 1 aromatic rings. The molecular formula is C10H14Si. The van der Waals surface area contributed by atoms with Crippen LogP contribution < -0.4 is 5.19 Å². The lowest BCUT2D eigenvalue weighted by atomic mass is 10.2. The maximum Gasteiger partial charge on any atom is 0.0517 e. The molecule has 58 valence electrons. The van der Waals surface area contributed by atoms with Crippen LogP contribution in [0, 0.1) is 0 Å². The Morgan fingerprint density at radius 2 is 2.00 bits per heavy atom. The average Bonchev–Trinajstić information content (AvgIpc) is 2.07. The molecule has 0 aliphatic heterocycles. The highest BCUT2D eigenvalue weighted by atomic mass is 28.2. The Balaban J connectivity index is 2.74. The van der Waals surface area contributed by atoms with E-state index in [4.69, 9.17) is 0 Å². The van der Waals surface area contributed by atoms with Gasteiger partial charge in [0.05, 0.1) is 9.52 Å². The molecule has 0 spiro atoms. The first-order valence-electron chi connectivity index (χ1n) is 4.05. The summed E-state index contributed by atoms with van der Waals surface area (Å²) in [5.41, 5.74) is 1.37. The van der Waals surface area contributed by atoms with Crippen molar-refractivity contribution in [3.05, 3.63) is 42.5 Å². The molecule has 0 N–H and O–H groups in total. The Hall–Kier alpha value is -0.823. The number of hydrogen-bond donors (Lipinski definition) is 0. The Morgan fingerprint density at radius 3 is 2.45 bits per heavy atom. The first-order chi connectivity index (χ1) is 5.36. The van der Waals surface area contributed by atoms with E-state index in [2.05, 4.69) is 37.4 Å². The molecule has 0 amide bonds. The Kier molecular flexibility index (Phi) is 3.11. The van der Waals surface area contributed by atoms with Gasteiger partial charge in [0.1, 0.15) is 0 Å². The molecular weight excluding hydrogens is 148 g/mol. The maximum atomic E-state index is 3.71. The molecule has 0 fully saturated rings. The predicted octanol–water partition coefficient (Wildman–Crippen LogP) is 1.26. The first kappa shape index (κ1) is 8.28. The Bertz CT molecular complexity index is 223. The van der Waals surface area contributed by atoms with Crippen LogP contribution >= 0.6 is 0 Å². The minimum absolute atomic E-state index is 0.0355. The van der Waals surface area contributed by atoms with Crippen LogP contribution in [0.25, 0.3) is 0 Å².